The lowest BCUT2D eigenvalue weighted by molar-refractivity contribution is 0.0696. The number of nitrogens with one attached hydrogen (secondary N) is 1. The number of halogens is 1. The zero-order chi connectivity index (χ0) is 23.9. The second kappa shape index (κ2) is 11.1. The number of aromatic carboxylic acids is 1. The molecular weight excluding hydrogens is 456 g/mol. The molecule has 4 rings (SSSR count). The first-order valence-corrected chi connectivity index (χ1v) is 11.4. The smallest absolute Gasteiger partial charge is 0.337 e. The highest BCUT2D eigenvalue weighted by Gasteiger charge is 2.19. The highest BCUT2D eigenvalue weighted by molar-refractivity contribution is 6.30. The quantitative estimate of drug-likeness (QED) is 0.440. The van der Waals surface area contributed by atoms with Crippen LogP contribution in [0.5, 0.6) is 11.5 Å². The van der Waals surface area contributed by atoms with Crippen molar-refractivity contribution in [3.8, 4) is 11.5 Å². The minimum atomic E-state index is -0.951. The van der Waals surface area contributed by atoms with Crippen LogP contribution in [0.3, 0.4) is 0 Å². The van der Waals surface area contributed by atoms with Gasteiger partial charge in [-0.3, -0.25) is 0 Å². The summed E-state index contributed by atoms with van der Waals surface area (Å²) in [5, 5.41) is 13.7. The SMILES string of the molecule is COc1cc(CNc2ccc(N3CCOCC3)c(C(=O)O)c2)ccc1OCc1cccc(Cl)c1. The van der Waals surface area contributed by atoms with E-state index in [2.05, 4.69) is 5.32 Å². The van der Waals surface area contributed by atoms with Gasteiger partial charge in [-0.15, -0.1) is 0 Å². The lowest BCUT2D eigenvalue weighted by atomic mass is 10.1. The second-order valence-corrected chi connectivity index (χ2v) is 8.33. The largest absolute Gasteiger partial charge is 0.493 e. The van der Waals surface area contributed by atoms with Crippen molar-refractivity contribution < 1.29 is 24.1 Å². The van der Waals surface area contributed by atoms with Crippen LogP contribution in [0.25, 0.3) is 0 Å². The average Bonchev–Trinajstić information content (AvgIpc) is 2.86. The Morgan fingerprint density at radius 3 is 2.62 bits per heavy atom. The summed E-state index contributed by atoms with van der Waals surface area (Å²) in [6.07, 6.45) is 0. The molecule has 1 aliphatic heterocycles. The summed E-state index contributed by atoms with van der Waals surface area (Å²) >= 11 is 6.04. The summed E-state index contributed by atoms with van der Waals surface area (Å²) < 4.78 is 16.8. The van der Waals surface area contributed by atoms with Crippen LogP contribution in [0.1, 0.15) is 21.5 Å². The van der Waals surface area contributed by atoms with Gasteiger partial charge in [0.1, 0.15) is 6.61 Å². The Morgan fingerprint density at radius 2 is 1.88 bits per heavy atom. The zero-order valence-electron chi connectivity index (χ0n) is 18.9. The van der Waals surface area contributed by atoms with Crippen LogP contribution in [0.2, 0.25) is 5.02 Å². The number of methoxy groups -OCH3 is 1. The van der Waals surface area contributed by atoms with Crippen molar-refractivity contribution in [2.45, 2.75) is 13.2 Å². The lowest BCUT2D eigenvalue weighted by Gasteiger charge is -2.30. The summed E-state index contributed by atoms with van der Waals surface area (Å²) in [5.74, 6) is 0.303. The lowest BCUT2D eigenvalue weighted by Crippen LogP contribution is -2.37. The molecule has 1 saturated heterocycles. The standard InChI is InChI=1S/C26H27ClN2O5/c1-32-25-14-18(5-8-24(25)34-17-19-3-2-4-20(27)13-19)16-28-21-6-7-23(22(15-21)26(30)31)29-9-11-33-12-10-29/h2-8,13-15,28H,9-12,16-17H2,1H3,(H,30,31). The van der Waals surface area contributed by atoms with Crippen LogP contribution in [0, 0.1) is 0 Å². The summed E-state index contributed by atoms with van der Waals surface area (Å²) in [6.45, 7) is 3.43. The first-order chi connectivity index (χ1) is 16.5. The molecule has 3 aromatic rings. The molecule has 0 unspecified atom stereocenters. The Morgan fingerprint density at radius 1 is 1.06 bits per heavy atom. The molecule has 8 heteroatoms. The van der Waals surface area contributed by atoms with Crippen molar-refractivity contribution in [2.75, 3.05) is 43.6 Å². The van der Waals surface area contributed by atoms with E-state index in [1.807, 2.05) is 59.5 Å². The van der Waals surface area contributed by atoms with Crippen LogP contribution in [-0.2, 0) is 17.9 Å². The molecule has 0 aromatic heterocycles. The predicted molar refractivity (Wildman–Crippen MR) is 133 cm³/mol. The van der Waals surface area contributed by atoms with E-state index in [0.717, 1.165) is 16.8 Å². The van der Waals surface area contributed by atoms with Crippen molar-refractivity contribution in [1.82, 2.24) is 0 Å². The molecule has 34 heavy (non-hydrogen) atoms. The Labute approximate surface area is 203 Å². The molecule has 1 fully saturated rings. The van der Waals surface area contributed by atoms with Gasteiger partial charge in [0.05, 0.1) is 31.6 Å². The third-order valence-electron chi connectivity index (χ3n) is 5.59. The molecule has 7 nitrogen and oxygen atoms in total. The summed E-state index contributed by atoms with van der Waals surface area (Å²) in [6, 6.07) is 18.7. The highest BCUT2D eigenvalue weighted by atomic mass is 35.5. The first-order valence-electron chi connectivity index (χ1n) is 11.0. The number of hydrogen-bond acceptors (Lipinski definition) is 6. The number of hydrogen-bond donors (Lipinski definition) is 2. The molecule has 178 valence electrons. The monoisotopic (exact) mass is 482 g/mol. The zero-order valence-corrected chi connectivity index (χ0v) is 19.7. The Hall–Kier alpha value is -3.42. The van der Waals surface area contributed by atoms with Crippen molar-refractivity contribution in [3.05, 3.63) is 82.4 Å². The Kier molecular flexibility index (Phi) is 7.77. The molecule has 0 radical (unpaired) electrons. The van der Waals surface area contributed by atoms with Gasteiger partial charge in [0.2, 0.25) is 0 Å². The average molecular weight is 483 g/mol. The molecule has 3 aromatic carbocycles. The summed E-state index contributed by atoms with van der Waals surface area (Å²) in [7, 11) is 1.60. The van der Waals surface area contributed by atoms with Gasteiger partial charge in [-0.05, 0) is 53.6 Å². The van der Waals surface area contributed by atoms with Gasteiger partial charge >= 0.3 is 5.97 Å². The predicted octanol–water partition coefficient (Wildman–Crippen LogP) is 5.07. The van der Waals surface area contributed by atoms with Crippen LogP contribution >= 0.6 is 11.6 Å². The van der Waals surface area contributed by atoms with E-state index in [9.17, 15) is 9.90 Å². The molecule has 1 heterocycles. The van der Waals surface area contributed by atoms with Gasteiger partial charge < -0.3 is 29.5 Å². The Balaban J connectivity index is 1.42. The van der Waals surface area contributed by atoms with Crippen LogP contribution in [0.4, 0.5) is 11.4 Å². The van der Waals surface area contributed by atoms with E-state index in [1.54, 1.807) is 13.2 Å². The summed E-state index contributed by atoms with van der Waals surface area (Å²) in [5.41, 5.74) is 3.66. The fourth-order valence-corrected chi connectivity index (χ4v) is 4.04. The molecular formula is C26H27ClN2O5. The van der Waals surface area contributed by atoms with Crippen LogP contribution in [-0.4, -0.2) is 44.5 Å². The maximum atomic E-state index is 11.9. The maximum absolute atomic E-state index is 11.9. The number of rotatable bonds is 9. The molecule has 0 bridgehead atoms. The van der Waals surface area contributed by atoms with E-state index in [1.165, 1.54) is 0 Å². The van der Waals surface area contributed by atoms with Crippen molar-refractivity contribution in [3.63, 3.8) is 0 Å². The van der Waals surface area contributed by atoms with Gasteiger partial charge in [-0.2, -0.15) is 0 Å². The van der Waals surface area contributed by atoms with Crippen molar-refractivity contribution in [2.24, 2.45) is 0 Å². The summed E-state index contributed by atoms with van der Waals surface area (Å²) in [4.78, 5) is 13.9. The van der Waals surface area contributed by atoms with Crippen LogP contribution < -0.4 is 19.7 Å². The number of nitrogens with zero attached hydrogens (tertiary/aromatic N) is 1. The fraction of sp³-hybridized carbons (Fsp3) is 0.269. The van der Waals surface area contributed by atoms with Gasteiger partial charge in [0.15, 0.2) is 11.5 Å². The highest BCUT2D eigenvalue weighted by Crippen LogP contribution is 2.30. The maximum Gasteiger partial charge on any atom is 0.337 e. The minimum Gasteiger partial charge on any atom is -0.493 e. The van der Waals surface area contributed by atoms with E-state index in [0.29, 0.717) is 61.7 Å². The number of morpholine rings is 1. The topological polar surface area (TPSA) is 80.3 Å². The van der Waals surface area contributed by atoms with Gasteiger partial charge in [-0.25, -0.2) is 4.79 Å². The number of anilines is 2. The van der Waals surface area contributed by atoms with Gasteiger partial charge in [0.25, 0.3) is 0 Å². The third-order valence-corrected chi connectivity index (χ3v) is 5.82. The normalized spacial score (nSPS) is 13.4. The van der Waals surface area contributed by atoms with E-state index >= 15 is 0 Å². The van der Waals surface area contributed by atoms with E-state index < -0.39 is 5.97 Å². The molecule has 0 saturated carbocycles. The third kappa shape index (κ3) is 5.92. The minimum absolute atomic E-state index is 0.272. The van der Waals surface area contributed by atoms with E-state index in [4.69, 9.17) is 25.8 Å². The molecule has 1 aliphatic rings. The number of ether oxygens (including phenoxy) is 3. The van der Waals surface area contributed by atoms with E-state index in [-0.39, 0.29) is 5.56 Å². The molecule has 0 atom stereocenters. The second-order valence-electron chi connectivity index (χ2n) is 7.89. The van der Waals surface area contributed by atoms with Gasteiger partial charge in [0, 0.05) is 30.3 Å². The molecule has 0 aliphatic carbocycles. The Bertz CT molecular complexity index is 1150. The van der Waals surface area contributed by atoms with Gasteiger partial charge in [-0.1, -0.05) is 29.8 Å². The number of carbonyl (C=O) groups is 1. The number of carboxylic acids is 1. The van der Waals surface area contributed by atoms with Crippen molar-refractivity contribution >= 4 is 28.9 Å². The van der Waals surface area contributed by atoms with Crippen LogP contribution in [0.15, 0.2) is 60.7 Å². The molecule has 2 N–H and O–H groups in total. The molecule has 0 spiro atoms. The number of carboxylic acid groups (broad SMARTS) is 1. The molecule has 0 amide bonds. The first kappa shape index (κ1) is 23.7. The fourth-order valence-electron chi connectivity index (χ4n) is 3.83. The van der Waals surface area contributed by atoms with Crippen molar-refractivity contribution in [1.29, 1.82) is 0 Å². The number of benzene rings is 3.